The van der Waals surface area contributed by atoms with Gasteiger partial charge in [0.05, 0.1) is 28.8 Å². The highest BCUT2D eigenvalue weighted by molar-refractivity contribution is 8.18. The third-order valence-electron chi connectivity index (χ3n) is 5.74. The lowest BCUT2D eigenvalue weighted by molar-refractivity contribution is -0.122. The molecular weight excluding hydrogens is 634 g/mol. The van der Waals surface area contributed by atoms with Gasteiger partial charge in [-0.15, -0.1) is 16.4 Å². The van der Waals surface area contributed by atoms with Gasteiger partial charge in [-0.25, -0.2) is 13.6 Å². The van der Waals surface area contributed by atoms with Crippen LogP contribution in [-0.2, 0) is 26.2 Å². The van der Waals surface area contributed by atoms with E-state index in [0.717, 1.165) is 16.6 Å². The van der Waals surface area contributed by atoms with Crippen molar-refractivity contribution >= 4 is 79.7 Å². The molecule has 0 spiro atoms. The summed E-state index contributed by atoms with van der Waals surface area (Å²) in [5.74, 6) is 0.0647. The van der Waals surface area contributed by atoms with Crippen molar-refractivity contribution in [3.8, 4) is 5.75 Å². The Hall–Kier alpha value is -4.21. The number of amidine groups is 1. The van der Waals surface area contributed by atoms with Crippen LogP contribution in [0.2, 0.25) is 5.02 Å². The minimum absolute atomic E-state index is 0.0786. The van der Waals surface area contributed by atoms with Gasteiger partial charge in [0.15, 0.2) is 11.8 Å². The average Bonchev–Trinajstić information content (AvgIpc) is 3.73. The van der Waals surface area contributed by atoms with E-state index in [1.165, 1.54) is 46.8 Å². The number of hydrogen-bond donors (Lipinski definition) is 2. The monoisotopic (exact) mass is 655 g/mol. The summed E-state index contributed by atoms with van der Waals surface area (Å²) < 4.78 is 34.1. The number of hydrogen-bond acceptors (Lipinski definition) is 10. The number of rotatable bonds is 10. The maximum Gasteiger partial charge on any atom is 0.267 e. The van der Waals surface area contributed by atoms with Gasteiger partial charge in [-0.1, -0.05) is 17.7 Å². The number of furan rings is 1. The number of halogens is 1. The van der Waals surface area contributed by atoms with E-state index in [9.17, 15) is 18.0 Å². The second-order valence-electron chi connectivity index (χ2n) is 8.81. The predicted molar refractivity (Wildman–Crippen MR) is 168 cm³/mol. The number of carbonyl (C=O) groups is 2. The molecule has 0 saturated carbocycles. The number of nitrogens with two attached hydrogens (primary N) is 1. The minimum Gasteiger partial charge on any atom is -0.483 e. The lowest BCUT2D eigenvalue weighted by atomic mass is 10.2. The Balaban J connectivity index is 1.33. The van der Waals surface area contributed by atoms with Crippen LogP contribution in [0, 0.1) is 0 Å². The molecule has 2 aromatic carbocycles. The van der Waals surface area contributed by atoms with Gasteiger partial charge in [-0.05, 0) is 83.9 Å². The average molecular weight is 656 g/mol. The third kappa shape index (κ3) is 8.00. The molecule has 11 nitrogen and oxygen atoms in total. The first kappa shape index (κ1) is 30.3. The molecule has 4 aromatic rings. The molecule has 3 heterocycles. The van der Waals surface area contributed by atoms with E-state index in [2.05, 4.69) is 15.5 Å². The van der Waals surface area contributed by atoms with Crippen LogP contribution < -0.4 is 15.2 Å². The molecule has 5 rings (SSSR count). The molecule has 1 saturated heterocycles. The van der Waals surface area contributed by atoms with Crippen LogP contribution in [0.15, 0.2) is 103 Å². The number of amides is 2. The Bertz CT molecular complexity index is 1820. The van der Waals surface area contributed by atoms with Crippen LogP contribution in [0.3, 0.4) is 0 Å². The summed E-state index contributed by atoms with van der Waals surface area (Å²) in [4.78, 5) is 28.6. The van der Waals surface area contributed by atoms with Crippen LogP contribution >= 0.6 is 34.7 Å². The zero-order valence-corrected chi connectivity index (χ0v) is 25.3. The summed E-state index contributed by atoms with van der Waals surface area (Å²) in [5.41, 5.74) is 0.826. The summed E-state index contributed by atoms with van der Waals surface area (Å²) in [5, 5.41) is 18.9. The maximum atomic E-state index is 13.5. The van der Waals surface area contributed by atoms with Crippen LogP contribution in [0.4, 0.5) is 5.69 Å². The number of anilines is 1. The lowest BCUT2D eigenvalue weighted by Gasteiger charge is -2.13. The van der Waals surface area contributed by atoms with Gasteiger partial charge >= 0.3 is 0 Å². The highest BCUT2D eigenvalue weighted by Crippen LogP contribution is 2.36. The summed E-state index contributed by atoms with van der Waals surface area (Å²) >= 11 is 8.89. The maximum absolute atomic E-state index is 13.5. The Kier molecular flexibility index (Phi) is 9.43. The van der Waals surface area contributed by atoms with Crippen LogP contribution in [-0.4, -0.2) is 43.1 Å². The zero-order valence-electron chi connectivity index (χ0n) is 22.0. The van der Waals surface area contributed by atoms with E-state index in [-0.39, 0.29) is 24.0 Å². The number of ether oxygens (including phenoxy) is 1. The summed E-state index contributed by atoms with van der Waals surface area (Å²) in [7, 11) is -3.85. The summed E-state index contributed by atoms with van der Waals surface area (Å²) in [6.07, 6.45) is 4.74. The standard InChI is InChI=1S/C28H22ClN5O6S3/c29-19-5-10-24(40-17-26(35)32-20-6-8-23(9-7-20)43(30,37)38)18(13-19)14-25-27(36)34(16-21-3-1-11-39-21)28(42-25)33-31-15-22-4-2-12-41-22/h1-15H,16-17H2,(H,32,35)(H2,30,37,38)/b25-14-,31-15+,33-28-. The van der Waals surface area contributed by atoms with Crippen molar-refractivity contribution in [2.24, 2.45) is 15.3 Å². The number of carbonyl (C=O) groups excluding carboxylic acids is 2. The first-order valence-electron chi connectivity index (χ1n) is 12.4. The Morgan fingerprint density at radius 2 is 1.95 bits per heavy atom. The van der Waals surface area contributed by atoms with E-state index in [4.69, 9.17) is 25.9 Å². The second-order valence-corrected chi connectivity index (χ2v) is 12.8. The van der Waals surface area contributed by atoms with E-state index in [1.54, 1.807) is 42.6 Å². The predicted octanol–water partition coefficient (Wildman–Crippen LogP) is 5.17. The molecular formula is C28H22ClN5O6S3. The van der Waals surface area contributed by atoms with Crippen LogP contribution in [0.25, 0.3) is 6.08 Å². The Labute approximate surface area is 259 Å². The van der Waals surface area contributed by atoms with Gasteiger partial charge < -0.3 is 14.5 Å². The fourth-order valence-electron chi connectivity index (χ4n) is 3.75. The van der Waals surface area contributed by atoms with E-state index < -0.39 is 15.9 Å². The van der Waals surface area contributed by atoms with Gasteiger partial charge in [0.2, 0.25) is 10.0 Å². The number of nitrogens with zero attached hydrogens (tertiary/aromatic N) is 3. The topological polar surface area (TPSA) is 157 Å². The van der Waals surface area contributed by atoms with Gasteiger partial charge in [0, 0.05) is 21.2 Å². The van der Waals surface area contributed by atoms with Crippen molar-refractivity contribution in [3.05, 3.63) is 105 Å². The molecule has 2 amide bonds. The van der Waals surface area contributed by atoms with Crippen LogP contribution in [0.5, 0.6) is 5.75 Å². The van der Waals surface area contributed by atoms with Gasteiger partial charge in [0.1, 0.15) is 11.5 Å². The molecule has 1 aliphatic rings. The van der Waals surface area contributed by atoms with Gasteiger partial charge in [0.25, 0.3) is 11.8 Å². The zero-order chi connectivity index (χ0) is 30.4. The molecule has 1 fully saturated rings. The van der Waals surface area contributed by atoms with Crippen molar-refractivity contribution in [2.45, 2.75) is 11.4 Å². The molecule has 0 unspecified atom stereocenters. The van der Waals surface area contributed by atoms with Crippen molar-refractivity contribution in [3.63, 3.8) is 0 Å². The normalized spacial score (nSPS) is 15.6. The molecule has 220 valence electrons. The molecule has 3 N–H and O–H groups in total. The van der Waals surface area contributed by atoms with E-state index >= 15 is 0 Å². The van der Waals surface area contributed by atoms with Crippen molar-refractivity contribution in [1.82, 2.24) is 4.90 Å². The largest absolute Gasteiger partial charge is 0.483 e. The molecule has 0 atom stereocenters. The van der Waals surface area contributed by atoms with Crippen molar-refractivity contribution < 1.29 is 27.2 Å². The molecule has 43 heavy (non-hydrogen) atoms. The number of nitrogens with one attached hydrogen (secondary N) is 1. The first-order valence-corrected chi connectivity index (χ1v) is 16.0. The summed E-state index contributed by atoms with van der Waals surface area (Å²) in [6.45, 7) is -0.217. The molecule has 1 aliphatic heterocycles. The molecule has 0 aliphatic carbocycles. The fraction of sp³-hybridized carbons (Fsp3) is 0.0714. The smallest absolute Gasteiger partial charge is 0.267 e. The third-order valence-corrected chi connectivity index (χ3v) is 8.71. The molecule has 15 heteroatoms. The van der Waals surface area contributed by atoms with E-state index in [0.29, 0.717) is 37.9 Å². The first-order chi connectivity index (χ1) is 20.7. The quantitative estimate of drug-likeness (QED) is 0.136. The van der Waals surface area contributed by atoms with Crippen LogP contribution in [0.1, 0.15) is 16.2 Å². The lowest BCUT2D eigenvalue weighted by Crippen LogP contribution is -2.28. The van der Waals surface area contributed by atoms with Gasteiger partial charge in [-0.3, -0.25) is 14.5 Å². The number of sulfonamides is 1. The van der Waals surface area contributed by atoms with Crippen molar-refractivity contribution in [1.29, 1.82) is 0 Å². The van der Waals surface area contributed by atoms with Crippen molar-refractivity contribution in [2.75, 3.05) is 11.9 Å². The number of primary sulfonamides is 1. The Morgan fingerprint density at radius 1 is 1.14 bits per heavy atom. The Morgan fingerprint density at radius 3 is 2.65 bits per heavy atom. The molecule has 0 bridgehead atoms. The highest BCUT2D eigenvalue weighted by atomic mass is 35.5. The number of thiophene rings is 1. The second kappa shape index (κ2) is 13.4. The highest BCUT2D eigenvalue weighted by Gasteiger charge is 2.34. The minimum atomic E-state index is -3.85. The van der Waals surface area contributed by atoms with Gasteiger partial charge in [-0.2, -0.15) is 5.10 Å². The molecule has 2 aromatic heterocycles. The number of thioether (sulfide) groups is 1. The molecule has 0 radical (unpaired) electrons. The summed E-state index contributed by atoms with van der Waals surface area (Å²) in [6, 6.07) is 17.5. The number of benzene rings is 2. The SMILES string of the molecule is NS(=O)(=O)c1ccc(NC(=O)COc2ccc(Cl)cc2/C=C2\S/C(=N\N=C\c3cccs3)N(Cc3ccco3)C2=O)cc1. The fourth-order valence-corrected chi connectivity index (χ4v) is 5.95. The van der Waals surface area contributed by atoms with E-state index in [1.807, 2.05) is 17.5 Å².